The predicted molar refractivity (Wildman–Crippen MR) is 86.9 cm³/mol. The molecule has 0 radical (unpaired) electrons. The van der Waals surface area contributed by atoms with Crippen LogP contribution in [0.4, 0.5) is 0 Å². The molecule has 1 aliphatic rings. The van der Waals surface area contributed by atoms with E-state index in [0.29, 0.717) is 10.9 Å². The molecule has 1 aromatic rings. The first-order valence-corrected chi connectivity index (χ1v) is 8.32. The van der Waals surface area contributed by atoms with Crippen LogP contribution in [-0.4, -0.2) is 0 Å². The van der Waals surface area contributed by atoms with Gasteiger partial charge in [0.05, 0.1) is 6.04 Å². The van der Waals surface area contributed by atoms with Gasteiger partial charge in [-0.3, -0.25) is 11.3 Å². The Morgan fingerprint density at radius 2 is 1.95 bits per heavy atom. The second kappa shape index (κ2) is 7.65. The van der Waals surface area contributed by atoms with E-state index in [4.69, 9.17) is 29.0 Å². The summed E-state index contributed by atoms with van der Waals surface area (Å²) < 4.78 is 0. The molecule has 0 aliphatic heterocycles. The average molecular weight is 315 g/mol. The average Bonchev–Trinajstić information content (AvgIpc) is 2.45. The van der Waals surface area contributed by atoms with E-state index in [-0.39, 0.29) is 6.04 Å². The molecule has 0 saturated heterocycles. The lowest BCUT2D eigenvalue weighted by Gasteiger charge is -2.34. The standard InChI is InChI=1S/C16H24Cl2N2/c1-2-3-11-4-6-12(7-5-11)16(20-19)14-10-13(17)8-9-15(14)18/h8-12,16,20H,2-7,19H2,1H3. The summed E-state index contributed by atoms with van der Waals surface area (Å²) in [6.07, 6.45) is 7.66. The van der Waals surface area contributed by atoms with Crippen molar-refractivity contribution < 1.29 is 0 Å². The van der Waals surface area contributed by atoms with E-state index in [2.05, 4.69) is 12.3 Å². The lowest BCUT2D eigenvalue weighted by Crippen LogP contribution is -2.35. The minimum atomic E-state index is 0.101. The molecule has 1 atom stereocenters. The summed E-state index contributed by atoms with van der Waals surface area (Å²) in [5.41, 5.74) is 3.99. The highest BCUT2D eigenvalue weighted by atomic mass is 35.5. The Labute approximate surface area is 132 Å². The summed E-state index contributed by atoms with van der Waals surface area (Å²) in [5.74, 6) is 7.23. The van der Waals surface area contributed by atoms with Crippen molar-refractivity contribution >= 4 is 23.2 Å². The van der Waals surface area contributed by atoms with E-state index in [1.165, 1.54) is 38.5 Å². The Hall–Kier alpha value is -0.280. The van der Waals surface area contributed by atoms with Crippen molar-refractivity contribution in [1.82, 2.24) is 5.43 Å². The van der Waals surface area contributed by atoms with E-state index in [1.807, 2.05) is 18.2 Å². The summed E-state index contributed by atoms with van der Waals surface area (Å²) in [7, 11) is 0. The molecule has 112 valence electrons. The maximum absolute atomic E-state index is 6.31. The quantitative estimate of drug-likeness (QED) is 0.586. The molecular formula is C16H24Cl2N2. The summed E-state index contributed by atoms with van der Waals surface area (Å²) in [6.45, 7) is 2.27. The molecule has 1 aliphatic carbocycles. The largest absolute Gasteiger partial charge is 0.271 e. The number of hydrogen-bond donors (Lipinski definition) is 2. The van der Waals surface area contributed by atoms with Crippen LogP contribution in [0.3, 0.4) is 0 Å². The normalized spacial score (nSPS) is 24.6. The third-order valence-electron chi connectivity index (χ3n) is 4.53. The van der Waals surface area contributed by atoms with Gasteiger partial charge in [0.2, 0.25) is 0 Å². The van der Waals surface area contributed by atoms with Crippen molar-refractivity contribution in [2.45, 2.75) is 51.5 Å². The molecule has 0 spiro atoms. The van der Waals surface area contributed by atoms with Gasteiger partial charge >= 0.3 is 0 Å². The van der Waals surface area contributed by atoms with Gasteiger partial charge in [0.25, 0.3) is 0 Å². The second-order valence-corrected chi connectivity index (χ2v) is 6.72. The maximum atomic E-state index is 6.31. The zero-order chi connectivity index (χ0) is 14.5. The third-order valence-corrected chi connectivity index (χ3v) is 5.11. The van der Waals surface area contributed by atoms with Gasteiger partial charge in [0, 0.05) is 10.0 Å². The molecule has 2 nitrogen and oxygen atoms in total. The van der Waals surface area contributed by atoms with Gasteiger partial charge in [0.15, 0.2) is 0 Å². The Kier molecular flexibility index (Phi) is 6.16. The molecule has 2 rings (SSSR count). The van der Waals surface area contributed by atoms with Crippen molar-refractivity contribution in [3.05, 3.63) is 33.8 Å². The number of hydrazine groups is 1. The minimum absolute atomic E-state index is 0.101. The lowest BCUT2D eigenvalue weighted by molar-refractivity contribution is 0.215. The Morgan fingerprint density at radius 3 is 2.55 bits per heavy atom. The number of benzene rings is 1. The molecule has 1 unspecified atom stereocenters. The second-order valence-electron chi connectivity index (χ2n) is 5.88. The number of hydrogen-bond acceptors (Lipinski definition) is 2. The summed E-state index contributed by atoms with van der Waals surface area (Å²) in [5, 5.41) is 1.46. The fourth-order valence-corrected chi connectivity index (χ4v) is 3.87. The van der Waals surface area contributed by atoms with E-state index in [0.717, 1.165) is 16.5 Å². The highest BCUT2D eigenvalue weighted by Gasteiger charge is 2.28. The number of nitrogens with one attached hydrogen (secondary N) is 1. The number of halogens is 2. The smallest absolute Gasteiger partial charge is 0.0503 e. The fourth-order valence-electron chi connectivity index (χ4n) is 3.45. The molecule has 1 aromatic carbocycles. The maximum Gasteiger partial charge on any atom is 0.0503 e. The molecular weight excluding hydrogens is 291 g/mol. The zero-order valence-corrected chi connectivity index (χ0v) is 13.6. The molecule has 20 heavy (non-hydrogen) atoms. The SMILES string of the molecule is CCCC1CCC(C(NN)c2cc(Cl)ccc2Cl)CC1. The first-order chi connectivity index (χ1) is 9.65. The topological polar surface area (TPSA) is 38.0 Å². The molecule has 0 heterocycles. The molecule has 0 bridgehead atoms. The van der Waals surface area contributed by atoms with Gasteiger partial charge in [-0.15, -0.1) is 0 Å². The van der Waals surface area contributed by atoms with Gasteiger partial charge < -0.3 is 0 Å². The molecule has 4 heteroatoms. The van der Waals surface area contributed by atoms with Crippen LogP contribution in [0.5, 0.6) is 0 Å². The van der Waals surface area contributed by atoms with Crippen molar-refractivity contribution in [2.24, 2.45) is 17.7 Å². The highest BCUT2D eigenvalue weighted by molar-refractivity contribution is 6.33. The Bertz CT molecular complexity index is 428. The van der Waals surface area contributed by atoms with Crippen LogP contribution in [0.15, 0.2) is 18.2 Å². The molecule has 1 fully saturated rings. The van der Waals surface area contributed by atoms with Crippen LogP contribution < -0.4 is 11.3 Å². The molecule has 0 aromatic heterocycles. The number of nitrogens with two attached hydrogens (primary N) is 1. The van der Waals surface area contributed by atoms with Crippen LogP contribution in [0.1, 0.15) is 57.1 Å². The fraction of sp³-hybridized carbons (Fsp3) is 0.625. The van der Waals surface area contributed by atoms with E-state index in [1.54, 1.807) is 0 Å². The van der Waals surface area contributed by atoms with Gasteiger partial charge in [0.1, 0.15) is 0 Å². The number of rotatable bonds is 5. The first-order valence-electron chi connectivity index (χ1n) is 7.56. The van der Waals surface area contributed by atoms with Gasteiger partial charge in [-0.25, -0.2) is 0 Å². The molecule has 0 amide bonds. The van der Waals surface area contributed by atoms with Crippen molar-refractivity contribution in [3.8, 4) is 0 Å². The van der Waals surface area contributed by atoms with Crippen molar-refractivity contribution in [1.29, 1.82) is 0 Å². The third kappa shape index (κ3) is 3.88. The monoisotopic (exact) mass is 314 g/mol. The van der Waals surface area contributed by atoms with Crippen molar-refractivity contribution in [3.63, 3.8) is 0 Å². The Balaban J connectivity index is 2.07. The molecule has 3 N–H and O–H groups in total. The Morgan fingerprint density at radius 1 is 1.25 bits per heavy atom. The van der Waals surface area contributed by atoms with Crippen LogP contribution >= 0.6 is 23.2 Å². The molecule has 1 saturated carbocycles. The van der Waals surface area contributed by atoms with Gasteiger partial charge in [-0.05, 0) is 48.4 Å². The van der Waals surface area contributed by atoms with E-state index >= 15 is 0 Å². The zero-order valence-electron chi connectivity index (χ0n) is 12.0. The first kappa shape index (κ1) is 16.1. The lowest BCUT2D eigenvalue weighted by atomic mass is 9.75. The predicted octanol–water partition coefficient (Wildman–Crippen LogP) is 5.10. The van der Waals surface area contributed by atoms with Crippen LogP contribution in [0.25, 0.3) is 0 Å². The van der Waals surface area contributed by atoms with E-state index in [9.17, 15) is 0 Å². The minimum Gasteiger partial charge on any atom is -0.271 e. The van der Waals surface area contributed by atoms with Crippen LogP contribution in [0.2, 0.25) is 10.0 Å². The van der Waals surface area contributed by atoms with Gasteiger partial charge in [-0.1, -0.05) is 55.8 Å². The summed E-state index contributed by atoms with van der Waals surface area (Å²) >= 11 is 12.4. The van der Waals surface area contributed by atoms with E-state index < -0.39 is 0 Å². The van der Waals surface area contributed by atoms with Crippen LogP contribution in [-0.2, 0) is 0 Å². The highest BCUT2D eigenvalue weighted by Crippen LogP contribution is 2.40. The van der Waals surface area contributed by atoms with Crippen molar-refractivity contribution in [2.75, 3.05) is 0 Å². The van der Waals surface area contributed by atoms with Crippen LogP contribution in [0, 0.1) is 11.8 Å². The summed E-state index contributed by atoms with van der Waals surface area (Å²) in [4.78, 5) is 0. The van der Waals surface area contributed by atoms with Gasteiger partial charge in [-0.2, -0.15) is 0 Å². The summed E-state index contributed by atoms with van der Waals surface area (Å²) in [6, 6.07) is 5.71.